The van der Waals surface area contributed by atoms with Crippen molar-refractivity contribution in [2.75, 3.05) is 0 Å². The van der Waals surface area contributed by atoms with Crippen LogP contribution in [-0.4, -0.2) is 11.5 Å². The molecule has 4 nitrogen and oxygen atoms in total. The Kier molecular flexibility index (Phi) is 2.18. The van der Waals surface area contributed by atoms with Crippen molar-refractivity contribution in [3.63, 3.8) is 0 Å². The third kappa shape index (κ3) is 1.76. The highest BCUT2D eigenvalue weighted by Gasteiger charge is 1.92. The van der Waals surface area contributed by atoms with Gasteiger partial charge in [0.1, 0.15) is 17.5 Å². The van der Waals surface area contributed by atoms with E-state index in [1.807, 2.05) is 6.07 Å². The molecule has 1 heterocycles. The van der Waals surface area contributed by atoms with Crippen LogP contribution < -0.4 is 4.74 Å². The number of carbonyl (C=O) groups excluding carboxylic acids is 1. The molecule has 11 heavy (non-hydrogen) atoms. The van der Waals surface area contributed by atoms with E-state index in [-0.39, 0.29) is 0 Å². The van der Waals surface area contributed by atoms with E-state index in [4.69, 9.17) is 5.26 Å². The number of hydrogen-bond acceptors (Lipinski definition) is 4. The lowest BCUT2D eigenvalue weighted by Gasteiger charge is -1.93. The molecule has 4 heteroatoms. The predicted octanol–water partition coefficient (Wildman–Crippen LogP) is 0.488. The second-order valence-electron chi connectivity index (χ2n) is 1.71. The number of nitrogens with zero attached hydrogens (tertiary/aromatic N) is 2. The molecule has 1 rings (SSSR count). The maximum atomic E-state index is 9.81. The van der Waals surface area contributed by atoms with Gasteiger partial charge in [-0.2, -0.15) is 5.26 Å². The Labute approximate surface area is 63.0 Å². The summed E-state index contributed by atoms with van der Waals surface area (Å²) in [5, 5.41) is 8.34. The van der Waals surface area contributed by atoms with Gasteiger partial charge in [0.2, 0.25) is 0 Å². The molecule has 0 aliphatic carbocycles. The Morgan fingerprint density at radius 3 is 2.91 bits per heavy atom. The summed E-state index contributed by atoms with van der Waals surface area (Å²) < 4.78 is 4.45. The lowest BCUT2D eigenvalue weighted by atomic mass is 10.4. The molecule has 0 aliphatic heterocycles. The molecule has 0 unspecified atom stereocenters. The van der Waals surface area contributed by atoms with Crippen LogP contribution in [0.5, 0.6) is 5.75 Å². The average molecular weight is 148 g/mol. The van der Waals surface area contributed by atoms with E-state index in [2.05, 4.69) is 9.72 Å². The topological polar surface area (TPSA) is 63.0 Å². The Morgan fingerprint density at radius 1 is 1.64 bits per heavy atom. The van der Waals surface area contributed by atoms with Crippen LogP contribution in [0, 0.1) is 11.3 Å². The molecule has 0 spiro atoms. The van der Waals surface area contributed by atoms with Gasteiger partial charge in [0, 0.05) is 0 Å². The second-order valence-corrected chi connectivity index (χ2v) is 1.71. The minimum Gasteiger partial charge on any atom is -0.427 e. The van der Waals surface area contributed by atoms with E-state index in [1.165, 1.54) is 18.3 Å². The Balaban J connectivity index is 2.84. The molecule has 0 saturated heterocycles. The number of pyridine rings is 1. The number of hydrogen-bond donors (Lipinski definition) is 0. The van der Waals surface area contributed by atoms with Gasteiger partial charge in [-0.05, 0) is 12.1 Å². The van der Waals surface area contributed by atoms with Crippen LogP contribution in [0.3, 0.4) is 0 Å². The van der Waals surface area contributed by atoms with Gasteiger partial charge >= 0.3 is 0 Å². The van der Waals surface area contributed by atoms with Crippen LogP contribution in [-0.2, 0) is 4.79 Å². The van der Waals surface area contributed by atoms with Crippen LogP contribution in [0.1, 0.15) is 5.69 Å². The standard InChI is InChI=1S/C7H4N2O2/c8-3-6-1-2-7(4-9-6)11-5-10/h1-2,4-5H. The van der Waals surface area contributed by atoms with Crippen LogP contribution in [0.15, 0.2) is 18.3 Å². The van der Waals surface area contributed by atoms with Crippen molar-refractivity contribution < 1.29 is 9.53 Å². The van der Waals surface area contributed by atoms with Gasteiger partial charge < -0.3 is 4.74 Å². The number of rotatable bonds is 2. The van der Waals surface area contributed by atoms with Gasteiger partial charge in [0.25, 0.3) is 6.47 Å². The number of aromatic nitrogens is 1. The molecule has 0 aliphatic rings. The zero-order valence-electron chi connectivity index (χ0n) is 5.52. The minimum absolute atomic E-state index is 0.295. The van der Waals surface area contributed by atoms with Gasteiger partial charge in [-0.15, -0.1) is 0 Å². The first-order chi connectivity index (χ1) is 5.36. The minimum atomic E-state index is 0.295. The van der Waals surface area contributed by atoms with Crippen molar-refractivity contribution in [3.8, 4) is 11.8 Å². The fourth-order valence-electron chi connectivity index (χ4n) is 0.572. The lowest BCUT2D eigenvalue weighted by molar-refractivity contribution is -0.120. The summed E-state index contributed by atoms with van der Waals surface area (Å²) in [6.45, 7) is 0.309. The lowest BCUT2D eigenvalue weighted by Crippen LogP contribution is -1.89. The highest BCUT2D eigenvalue weighted by atomic mass is 16.5. The Bertz CT molecular complexity index is 286. The highest BCUT2D eigenvalue weighted by Crippen LogP contribution is 2.06. The molecular formula is C7H4N2O2. The van der Waals surface area contributed by atoms with E-state index in [1.54, 1.807) is 0 Å². The van der Waals surface area contributed by atoms with Gasteiger partial charge in [-0.3, -0.25) is 4.79 Å². The van der Waals surface area contributed by atoms with Crippen molar-refractivity contribution in [1.29, 1.82) is 5.26 Å². The summed E-state index contributed by atoms with van der Waals surface area (Å²) in [6.07, 6.45) is 1.31. The second kappa shape index (κ2) is 3.32. The molecule has 0 N–H and O–H groups in total. The maximum Gasteiger partial charge on any atom is 0.298 e. The molecule has 0 aromatic carbocycles. The third-order valence-corrected chi connectivity index (χ3v) is 1.04. The zero-order chi connectivity index (χ0) is 8.10. The van der Waals surface area contributed by atoms with E-state index in [0.717, 1.165) is 0 Å². The van der Waals surface area contributed by atoms with Crippen LogP contribution in [0.4, 0.5) is 0 Å². The monoisotopic (exact) mass is 148 g/mol. The molecule has 0 fully saturated rings. The summed E-state index contributed by atoms with van der Waals surface area (Å²) in [7, 11) is 0. The Morgan fingerprint density at radius 2 is 2.45 bits per heavy atom. The normalized spacial score (nSPS) is 8.27. The van der Waals surface area contributed by atoms with Crippen molar-refractivity contribution in [2.24, 2.45) is 0 Å². The fraction of sp³-hybridized carbons (Fsp3) is 0. The first-order valence-electron chi connectivity index (χ1n) is 2.83. The van der Waals surface area contributed by atoms with Crippen molar-refractivity contribution in [3.05, 3.63) is 24.0 Å². The van der Waals surface area contributed by atoms with Crippen LogP contribution >= 0.6 is 0 Å². The summed E-state index contributed by atoms with van der Waals surface area (Å²) in [5.74, 6) is 0.332. The van der Waals surface area contributed by atoms with Gasteiger partial charge in [-0.25, -0.2) is 4.98 Å². The van der Waals surface area contributed by atoms with E-state index in [9.17, 15) is 4.79 Å². The molecule has 0 atom stereocenters. The smallest absolute Gasteiger partial charge is 0.298 e. The molecule has 54 valence electrons. The largest absolute Gasteiger partial charge is 0.427 e. The quantitative estimate of drug-likeness (QED) is 0.572. The fourth-order valence-corrected chi connectivity index (χ4v) is 0.572. The molecule has 0 bridgehead atoms. The predicted molar refractivity (Wildman–Crippen MR) is 35.6 cm³/mol. The molecule has 1 aromatic rings. The molecule has 0 amide bonds. The summed E-state index contributed by atoms with van der Waals surface area (Å²) >= 11 is 0. The molecular weight excluding hydrogens is 144 g/mol. The van der Waals surface area contributed by atoms with Crippen molar-refractivity contribution in [2.45, 2.75) is 0 Å². The van der Waals surface area contributed by atoms with Gasteiger partial charge in [0.05, 0.1) is 6.20 Å². The summed E-state index contributed by atoms with van der Waals surface area (Å²) in [5.41, 5.74) is 0.295. The SMILES string of the molecule is N#Cc1ccc(OC=O)cn1. The van der Waals surface area contributed by atoms with Crippen LogP contribution in [0.25, 0.3) is 0 Å². The zero-order valence-corrected chi connectivity index (χ0v) is 5.52. The maximum absolute atomic E-state index is 9.81. The molecule has 0 radical (unpaired) electrons. The first-order valence-corrected chi connectivity index (χ1v) is 2.83. The first kappa shape index (κ1) is 7.22. The van der Waals surface area contributed by atoms with Crippen molar-refractivity contribution >= 4 is 6.47 Å². The third-order valence-electron chi connectivity index (χ3n) is 1.04. The van der Waals surface area contributed by atoms with Gasteiger partial charge in [-0.1, -0.05) is 0 Å². The number of carbonyl (C=O) groups is 1. The Hall–Kier alpha value is -1.89. The van der Waals surface area contributed by atoms with E-state index >= 15 is 0 Å². The summed E-state index contributed by atoms with van der Waals surface area (Å²) in [6, 6.07) is 4.81. The van der Waals surface area contributed by atoms with E-state index in [0.29, 0.717) is 17.9 Å². The molecule has 0 saturated carbocycles. The van der Waals surface area contributed by atoms with Gasteiger partial charge in [0.15, 0.2) is 0 Å². The number of ether oxygens (including phenoxy) is 1. The van der Waals surface area contributed by atoms with E-state index < -0.39 is 0 Å². The highest BCUT2D eigenvalue weighted by molar-refractivity contribution is 5.44. The average Bonchev–Trinajstić information content (AvgIpc) is 2.07. The number of nitriles is 1. The summed E-state index contributed by atoms with van der Waals surface area (Å²) in [4.78, 5) is 13.5. The van der Waals surface area contributed by atoms with Crippen LogP contribution in [0.2, 0.25) is 0 Å². The molecule has 1 aromatic heterocycles. The van der Waals surface area contributed by atoms with Crippen molar-refractivity contribution in [1.82, 2.24) is 4.98 Å².